The fourth-order valence-electron chi connectivity index (χ4n) is 0.855. The first-order chi connectivity index (χ1) is 5.72. The van der Waals surface area contributed by atoms with Gasteiger partial charge in [0.25, 0.3) is 0 Å². The van der Waals surface area contributed by atoms with Crippen LogP contribution in [-0.4, -0.2) is 8.32 Å². The summed E-state index contributed by atoms with van der Waals surface area (Å²) in [5.41, 5.74) is 0. The van der Waals surface area contributed by atoms with Crippen molar-refractivity contribution in [3.8, 4) is 0 Å². The summed E-state index contributed by atoms with van der Waals surface area (Å²) >= 11 is 0. The van der Waals surface area contributed by atoms with Crippen LogP contribution < -0.4 is 0 Å². The van der Waals surface area contributed by atoms with E-state index >= 15 is 0 Å². The summed E-state index contributed by atoms with van der Waals surface area (Å²) < 4.78 is 27.2. The van der Waals surface area contributed by atoms with E-state index in [1.807, 2.05) is 19.6 Å². The van der Waals surface area contributed by atoms with Gasteiger partial charge in [0, 0.05) is 0 Å². The molecule has 0 aromatic heterocycles. The Hall–Kier alpha value is -0.253. The summed E-state index contributed by atoms with van der Waals surface area (Å²) in [6.07, 6.45) is 0. The monoisotopic (exact) mass is 222 g/mol. The number of hydrogen-bond acceptors (Lipinski definition) is 4. The van der Waals surface area contributed by atoms with Crippen LogP contribution in [0.4, 0.5) is 0 Å². The summed E-state index contributed by atoms with van der Waals surface area (Å²) in [4.78, 5) is 0. The number of hydrogen-bond donors (Lipinski definition) is 0. The molecule has 0 aromatic carbocycles. The molecule has 1 aliphatic heterocycles. The molecule has 0 N–H and O–H groups in total. The Morgan fingerprint density at radius 1 is 1.15 bits per heavy atom. The van der Waals surface area contributed by atoms with E-state index < -0.39 is 16.1 Å². The first-order valence-corrected chi connectivity index (χ1v) is 8.96. The maximum Gasteiger partial charge on any atom is 0.576 e. The molecule has 0 saturated carbocycles. The quantitative estimate of drug-likeness (QED) is 0.531. The molecule has 0 spiro atoms. The molecule has 0 amide bonds. The molecule has 1 aliphatic rings. The van der Waals surface area contributed by atoms with Crippen LogP contribution in [0.2, 0.25) is 19.6 Å². The fraction of sp³-hybridized carbons (Fsp3) is 0.714. The third kappa shape index (κ3) is 2.86. The molecule has 6 heteroatoms. The topological polar surface area (TPSA) is 44.8 Å². The van der Waals surface area contributed by atoms with Crippen molar-refractivity contribution in [2.24, 2.45) is 0 Å². The van der Waals surface area contributed by atoms with E-state index in [0.717, 1.165) is 0 Å². The number of phosphoric ester groups is 1. The molecule has 0 saturated heterocycles. The number of allylic oxidation sites excluding steroid dienone is 2. The summed E-state index contributed by atoms with van der Waals surface area (Å²) in [5, 5.41) is 0. The van der Waals surface area contributed by atoms with Crippen molar-refractivity contribution in [1.29, 1.82) is 0 Å². The number of phosphoric acid groups is 1. The molecule has 0 aromatic rings. The molecule has 0 radical (unpaired) electrons. The summed E-state index contributed by atoms with van der Waals surface area (Å²) in [6, 6.07) is 0. The third-order valence-electron chi connectivity index (χ3n) is 1.38. The van der Waals surface area contributed by atoms with Gasteiger partial charge in [-0.1, -0.05) is 0 Å². The van der Waals surface area contributed by atoms with Gasteiger partial charge in [0.15, 0.2) is 0 Å². The van der Waals surface area contributed by atoms with Crippen molar-refractivity contribution < 1.29 is 17.8 Å². The van der Waals surface area contributed by atoms with Crippen molar-refractivity contribution in [3.63, 3.8) is 0 Å². The zero-order valence-electron chi connectivity index (χ0n) is 8.58. The molecule has 76 valence electrons. The zero-order chi connectivity index (χ0) is 10.3. The summed E-state index contributed by atoms with van der Waals surface area (Å²) in [5.74, 6) is 1.09. The summed E-state index contributed by atoms with van der Waals surface area (Å²) in [6.45, 7) is 9.22. The molecule has 0 fully saturated rings. The van der Waals surface area contributed by atoms with Crippen LogP contribution in [0.5, 0.6) is 0 Å². The highest BCUT2D eigenvalue weighted by molar-refractivity contribution is 7.50. The molecule has 13 heavy (non-hydrogen) atoms. The van der Waals surface area contributed by atoms with Crippen molar-refractivity contribution in [2.45, 2.75) is 33.5 Å². The minimum atomic E-state index is -3.32. The van der Waals surface area contributed by atoms with Gasteiger partial charge >= 0.3 is 7.82 Å². The zero-order valence-corrected chi connectivity index (χ0v) is 10.5. The van der Waals surface area contributed by atoms with Gasteiger partial charge < -0.3 is 13.3 Å². The van der Waals surface area contributed by atoms with Gasteiger partial charge in [0.1, 0.15) is 11.5 Å². The van der Waals surface area contributed by atoms with E-state index in [2.05, 4.69) is 0 Å². The number of rotatable bonds is 2. The second kappa shape index (κ2) is 3.15. The molecule has 0 bridgehead atoms. The van der Waals surface area contributed by atoms with Crippen molar-refractivity contribution in [1.82, 2.24) is 0 Å². The predicted molar refractivity (Wildman–Crippen MR) is 52.6 cm³/mol. The van der Waals surface area contributed by atoms with Gasteiger partial charge in [-0.05, 0) is 33.5 Å². The minimum absolute atomic E-state index is 0.543. The van der Waals surface area contributed by atoms with Crippen LogP contribution in [0.3, 0.4) is 0 Å². The van der Waals surface area contributed by atoms with Crippen molar-refractivity contribution in [3.05, 3.63) is 11.5 Å². The summed E-state index contributed by atoms with van der Waals surface area (Å²) in [7, 11) is -5.21. The SMILES string of the molecule is CC1=C(C)OP(=O)(O[Si](C)(C)C)O1. The minimum Gasteiger partial charge on any atom is -0.397 e. The van der Waals surface area contributed by atoms with Crippen LogP contribution in [0.1, 0.15) is 13.8 Å². The normalized spacial score (nSPS) is 21.3. The molecule has 1 heterocycles. The average molecular weight is 222 g/mol. The fourth-order valence-corrected chi connectivity index (χ4v) is 4.80. The van der Waals surface area contributed by atoms with E-state index in [4.69, 9.17) is 13.3 Å². The molecular weight excluding hydrogens is 207 g/mol. The average Bonchev–Trinajstić information content (AvgIpc) is 2.00. The second-order valence-electron chi connectivity index (χ2n) is 3.95. The molecule has 1 rings (SSSR count). The Kier molecular flexibility index (Phi) is 2.62. The van der Waals surface area contributed by atoms with E-state index in [1.165, 1.54) is 0 Å². The van der Waals surface area contributed by atoms with E-state index in [1.54, 1.807) is 13.8 Å². The third-order valence-corrected chi connectivity index (χ3v) is 5.46. The van der Waals surface area contributed by atoms with Crippen LogP contribution in [0.25, 0.3) is 0 Å². The smallest absolute Gasteiger partial charge is 0.397 e. The predicted octanol–water partition coefficient (Wildman–Crippen LogP) is 3.24. The Morgan fingerprint density at radius 2 is 1.54 bits per heavy atom. The van der Waals surface area contributed by atoms with Gasteiger partial charge in [-0.15, -0.1) is 0 Å². The largest absolute Gasteiger partial charge is 0.576 e. The van der Waals surface area contributed by atoms with Gasteiger partial charge in [0.2, 0.25) is 8.32 Å². The Balaban J connectivity index is 2.70. The first kappa shape index (κ1) is 10.8. The van der Waals surface area contributed by atoms with E-state index in [9.17, 15) is 4.57 Å². The van der Waals surface area contributed by atoms with Gasteiger partial charge in [-0.2, -0.15) is 0 Å². The van der Waals surface area contributed by atoms with E-state index in [-0.39, 0.29) is 0 Å². The van der Waals surface area contributed by atoms with Crippen LogP contribution in [0, 0.1) is 0 Å². The molecular formula is C7H15O4PSi. The highest BCUT2D eigenvalue weighted by Gasteiger charge is 2.41. The maximum absolute atomic E-state index is 11.8. The van der Waals surface area contributed by atoms with E-state index in [0.29, 0.717) is 11.5 Å². The molecule has 0 atom stereocenters. The highest BCUT2D eigenvalue weighted by Crippen LogP contribution is 2.59. The van der Waals surface area contributed by atoms with Gasteiger partial charge in [-0.25, -0.2) is 4.57 Å². The maximum atomic E-state index is 11.8. The molecule has 0 unspecified atom stereocenters. The Morgan fingerprint density at radius 3 is 1.85 bits per heavy atom. The Labute approximate surface area is 79.6 Å². The van der Waals surface area contributed by atoms with Crippen LogP contribution in [0.15, 0.2) is 11.5 Å². The van der Waals surface area contributed by atoms with Crippen LogP contribution >= 0.6 is 7.82 Å². The lowest BCUT2D eigenvalue weighted by Crippen LogP contribution is -2.23. The Bertz CT molecular complexity index is 273. The standard InChI is InChI=1S/C7H15O4PSi/c1-6-7(2)10-12(8,9-6)11-13(3,4)5/h1-5H3. The lowest BCUT2D eigenvalue weighted by molar-refractivity contribution is 0.269. The lowest BCUT2D eigenvalue weighted by atomic mass is 10.5. The van der Waals surface area contributed by atoms with Gasteiger partial charge in [-0.3, -0.25) is 0 Å². The second-order valence-corrected chi connectivity index (χ2v) is 10.2. The molecule has 0 aliphatic carbocycles. The van der Waals surface area contributed by atoms with Crippen LogP contribution in [-0.2, 0) is 17.8 Å². The highest BCUT2D eigenvalue weighted by atomic mass is 31.2. The van der Waals surface area contributed by atoms with Crippen molar-refractivity contribution in [2.75, 3.05) is 0 Å². The van der Waals surface area contributed by atoms with Gasteiger partial charge in [0.05, 0.1) is 0 Å². The first-order valence-electron chi connectivity index (χ1n) is 4.09. The van der Waals surface area contributed by atoms with Crippen molar-refractivity contribution >= 4 is 16.1 Å². The lowest BCUT2D eigenvalue weighted by Gasteiger charge is -2.20. The molecule has 4 nitrogen and oxygen atoms in total.